The van der Waals surface area contributed by atoms with Crippen molar-refractivity contribution in [2.24, 2.45) is 5.73 Å². The summed E-state index contributed by atoms with van der Waals surface area (Å²) in [5.74, 6) is -0.380. The molecule has 0 saturated carbocycles. The van der Waals surface area contributed by atoms with E-state index in [2.05, 4.69) is 0 Å². The number of phenols is 2. The first-order valence-corrected chi connectivity index (χ1v) is 4.05. The summed E-state index contributed by atoms with van der Waals surface area (Å²) >= 11 is 0. The van der Waals surface area contributed by atoms with Crippen molar-refractivity contribution in [1.29, 1.82) is 0 Å². The number of hydrogen-bond acceptors (Lipinski definition) is 3. The molecule has 14 heavy (non-hydrogen) atoms. The Morgan fingerprint density at radius 2 is 1.64 bits per heavy atom. The summed E-state index contributed by atoms with van der Waals surface area (Å²) in [5, 5.41) is 18.1. The molecule has 0 amide bonds. The van der Waals surface area contributed by atoms with E-state index in [1.165, 1.54) is 12.1 Å². The molecule has 0 bridgehead atoms. The maximum absolute atomic E-state index is 12.0. The summed E-state index contributed by atoms with van der Waals surface area (Å²) in [6.45, 7) is 0. The molecule has 0 radical (unpaired) electrons. The quantitative estimate of drug-likeness (QED) is 0.701. The van der Waals surface area contributed by atoms with E-state index in [0.29, 0.717) is 5.56 Å². The highest BCUT2D eigenvalue weighted by atomic mass is 19.3. The van der Waals surface area contributed by atoms with Crippen LogP contribution in [0.3, 0.4) is 0 Å². The first kappa shape index (κ1) is 10.7. The van der Waals surface area contributed by atoms with Gasteiger partial charge in [0, 0.05) is 18.5 Å². The monoisotopic (exact) mass is 203 g/mol. The SMILES string of the molecule is N[C@@H](CC(F)F)c1cc(O)cc(O)c1. The van der Waals surface area contributed by atoms with Crippen LogP contribution in [-0.4, -0.2) is 16.6 Å². The van der Waals surface area contributed by atoms with Crippen molar-refractivity contribution in [2.75, 3.05) is 0 Å². The molecule has 0 aliphatic heterocycles. The largest absolute Gasteiger partial charge is 0.508 e. The zero-order valence-corrected chi connectivity index (χ0v) is 7.32. The van der Waals surface area contributed by atoms with Gasteiger partial charge in [-0.2, -0.15) is 0 Å². The molecule has 0 spiro atoms. The van der Waals surface area contributed by atoms with Gasteiger partial charge in [-0.3, -0.25) is 0 Å². The zero-order chi connectivity index (χ0) is 10.7. The fourth-order valence-electron chi connectivity index (χ4n) is 1.16. The molecule has 78 valence electrons. The lowest BCUT2D eigenvalue weighted by molar-refractivity contribution is 0.128. The van der Waals surface area contributed by atoms with E-state index >= 15 is 0 Å². The highest BCUT2D eigenvalue weighted by Gasteiger charge is 2.14. The third-order valence-corrected chi connectivity index (χ3v) is 1.79. The molecular weight excluding hydrogens is 192 g/mol. The maximum Gasteiger partial charge on any atom is 0.240 e. The van der Waals surface area contributed by atoms with E-state index in [4.69, 9.17) is 15.9 Å². The van der Waals surface area contributed by atoms with Crippen LogP contribution < -0.4 is 5.73 Å². The zero-order valence-electron chi connectivity index (χ0n) is 7.32. The maximum atomic E-state index is 12.0. The van der Waals surface area contributed by atoms with Crippen LogP contribution in [0.5, 0.6) is 11.5 Å². The minimum absolute atomic E-state index is 0.190. The molecular formula is C9H11F2NO2. The van der Waals surface area contributed by atoms with Crippen LogP contribution in [0.25, 0.3) is 0 Å². The number of phenolic OH excluding ortho intramolecular Hbond substituents is 2. The predicted octanol–water partition coefficient (Wildman–Crippen LogP) is 1.75. The smallest absolute Gasteiger partial charge is 0.240 e. The van der Waals surface area contributed by atoms with Crippen molar-refractivity contribution < 1.29 is 19.0 Å². The van der Waals surface area contributed by atoms with E-state index in [0.717, 1.165) is 6.07 Å². The second-order valence-corrected chi connectivity index (χ2v) is 3.02. The number of rotatable bonds is 3. The second-order valence-electron chi connectivity index (χ2n) is 3.02. The Kier molecular flexibility index (Phi) is 3.24. The van der Waals surface area contributed by atoms with E-state index < -0.39 is 18.9 Å². The van der Waals surface area contributed by atoms with Gasteiger partial charge in [-0.15, -0.1) is 0 Å². The average molecular weight is 203 g/mol. The van der Waals surface area contributed by atoms with Gasteiger partial charge in [0.15, 0.2) is 0 Å². The molecule has 1 rings (SSSR count). The molecule has 0 saturated heterocycles. The van der Waals surface area contributed by atoms with Crippen molar-refractivity contribution in [3.8, 4) is 11.5 Å². The van der Waals surface area contributed by atoms with Gasteiger partial charge in [0.05, 0.1) is 0 Å². The van der Waals surface area contributed by atoms with Gasteiger partial charge in [0.2, 0.25) is 6.43 Å². The van der Waals surface area contributed by atoms with Crippen molar-refractivity contribution in [1.82, 2.24) is 0 Å². The van der Waals surface area contributed by atoms with Crippen LogP contribution in [0, 0.1) is 0 Å². The number of nitrogens with two attached hydrogens (primary N) is 1. The van der Waals surface area contributed by atoms with E-state index in [-0.39, 0.29) is 11.5 Å². The summed E-state index contributed by atoms with van der Waals surface area (Å²) in [6.07, 6.45) is -3.00. The van der Waals surface area contributed by atoms with Gasteiger partial charge < -0.3 is 15.9 Å². The number of alkyl halides is 2. The third kappa shape index (κ3) is 2.85. The van der Waals surface area contributed by atoms with E-state index in [1.807, 2.05) is 0 Å². The summed E-state index contributed by atoms with van der Waals surface area (Å²) in [6, 6.07) is 2.74. The summed E-state index contributed by atoms with van der Waals surface area (Å²) in [7, 11) is 0. The minimum atomic E-state index is -2.51. The molecule has 0 fully saturated rings. The fourth-order valence-corrected chi connectivity index (χ4v) is 1.16. The highest BCUT2D eigenvalue weighted by molar-refractivity contribution is 5.37. The minimum Gasteiger partial charge on any atom is -0.508 e. The molecule has 0 aliphatic carbocycles. The van der Waals surface area contributed by atoms with Gasteiger partial charge in [-0.05, 0) is 17.7 Å². The molecule has 0 aliphatic rings. The summed E-state index contributed by atoms with van der Waals surface area (Å²) < 4.78 is 23.9. The Balaban J connectivity index is 2.84. The van der Waals surface area contributed by atoms with Crippen molar-refractivity contribution in [3.05, 3.63) is 23.8 Å². The molecule has 1 atom stereocenters. The lowest BCUT2D eigenvalue weighted by Gasteiger charge is -2.11. The molecule has 5 heteroatoms. The Labute approximate surface area is 79.8 Å². The first-order valence-electron chi connectivity index (χ1n) is 4.05. The third-order valence-electron chi connectivity index (χ3n) is 1.79. The van der Waals surface area contributed by atoms with Crippen LogP contribution in [0.4, 0.5) is 8.78 Å². The summed E-state index contributed by atoms with van der Waals surface area (Å²) in [5.41, 5.74) is 5.73. The summed E-state index contributed by atoms with van der Waals surface area (Å²) in [4.78, 5) is 0. The van der Waals surface area contributed by atoms with E-state index in [9.17, 15) is 8.78 Å². The fraction of sp³-hybridized carbons (Fsp3) is 0.333. The Bertz CT molecular complexity index is 297. The van der Waals surface area contributed by atoms with Crippen LogP contribution in [0.1, 0.15) is 18.0 Å². The number of halogens is 2. The van der Waals surface area contributed by atoms with Gasteiger partial charge in [0.25, 0.3) is 0 Å². The highest BCUT2D eigenvalue weighted by Crippen LogP contribution is 2.26. The first-order chi connectivity index (χ1) is 6.49. The van der Waals surface area contributed by atoms with Gasteiger partial charge in [0.1, 0.15) is 11.5 Å². The lowest BCUT2D eigenvalue weighted by atomic mass is 10.0. The standard InChI is InChI=1S/C9H11F2NO2/c10-9(11)4-8(12)5-1-6(13)3-7(14)2-5/h1-3,8-9,13-14H,4,12H2/t8-/m0/s1. The molecule has 0 heterocycles. The number of aromatic hydroxyl groups is 2. The van der Waals surface area contributed by atoms with Crippen LogP contribution in [0.15, 0.2) is 18.2 Å². The number of benzene rings is 1. The Morgan fingerprint density at radius 3 is 2.07 bits per heavy atom. The van der Waals surface area contributed by atoms with E-state index in [1.54, 1.807) is 0 Å². The van der Waals surface area contributed by atoms with Crippen molar-refractivity contribution in [2.45, 2.75) is 18.9 Å². The van der Waals surface area contributed by atoms with Crippen molar-refractivity contribution >= 4 is 0 Å². The Hall–Kier alpha value is -1.36. The second kappa shape index (κ2) is 4.23. The van der Waals surface area contributed by atoms with Crippen LogP contribution in [0.2, 0.25) is 0 Å². The van der Waals surface area contributed by atoms with Gasteiger partial charge in [-0.25, -0.2) is 8.78 Å². The molecule has 0 unspecified atom stereocenters. The van der Waals surface area contributed by atoms with Crippen LogP contribution in [-0.2, 0) is 0 Å². The van der Waals surface area contributed by atoms with Gasteiger partial charge >= 0.3 is 0 Å². The lowest BCUT2D eigenvalue weighted by Crippen LogP contribution is -2.13. The van der Waals surface area contributed by atoms with Gasteiger partial charge in [-0.1, -0.05) is 0 Å². The van der Waals surface area contributed by atoms with Crippen molar-refractivity contribution in [3.63, 3.8) is 0 Å². The molecule has 4 N–H and O–H groups in total. The molecule has 0 aromatic heterocycles. The van der Waals surface area contributed by atoms with Crippen LogP contribution >= 0.6 is 0 Å². The molecule has 1 aromatic rings. The normalized spacial score (nSPS) is 13.1. The molecule has 1 aromatic carbocycles. The molecule has 3 nitrogen and oxygen atoms in total. The average Bonchev–Trinajstić information content (AvgIpc) is 2.00. The topological polar surface area (TPSA) is 66.5 Å². The Morgan fingerprint density at radius 1 is 1.14 bits per heavy atom. The number of hydrogen-bond donors (Lipinski definition) is 3. The predicted molar refractivity (Wildman–Crippen MR) is 47.3 cm³/mol.